The molecule has 0 bridgehead atoms. The standard InChI is InChI=1S/C12H19NO/c1-4-12(13-5-2)10-6-8-11(14-3)9-7-10/h6-9,12-13H,4-5H2,1-3H3/p+1/t12-/m1/s1. The van der Waals surface area contributed by atoms with Crippen LogP contribution in [0.25, 0.3) is 0 Å². The van der Waals surface area contributed by atoms with Gasteiger partial charge in [0.25, 0.3) is 0 Å². The Labute approximate surface area is 86.3 Å². The normalized spacial score (nSPS) is 12.5. The summed E-state index contributed by atoms with van der Waals surface area (Å²) < 4.78 is 5.13. The van der Waals surface area contributed by atoms with E-state index in [4.69, 9.17) is 4.74 Å². The summed E-state index contributed by atoms with van der Waals surface area (Å²) in [5.41, 5.74) is 1.38. The molecule has 0 saturated heterocycles. The Morgan fingerprint density at radius 3 is 2.29 bits per heavy atom. The summed E-state index contributed by atoms with van der Waals surface area (Å²) in [5, 5.41) is 2.36. The molecular weight excluding hydrogens is 174 g/mol. The van der Waals surface area contributed by atoms with E-state index in [1.165, 1.54) is 12.0 Å². The predicted octanol–water partition coefficient (Wildman–Crippen LogP) is 1.73. The number of ether oxygens (including phenoxy) is 1. The highest BCUT2D eigenvalue weighted by Crippen LogP contribution is 2.16. The van der Waals surface area contributed by atoms with Gasteiger partial charge in [-0.05, 0) is 31.2 Å². The molecule has 78 valence electrons. The molecule has 2 nitrogen and oxygen atoms in total. The molecule has 0 aliphatic rings. The Balaban J connectivity index is 2.73. The van der Waals surface area contributed by atoms with Gasteiger partial charge in [-0.3, -0.25) is 0 Å². The molecule has 2 heteroatoms. The molecule has 0 unspecified atom stereocenters. The van der Waals surface area contributed by atoms with Crippen molar-refractivity contribution in [3.05, 3.63) is 29.8 Å². The first-order valence-corrected chi connectivity index (χ1v) is 5.29. The zero-order valence-corrected chi connectivity index (χ0v) is 9.29. The summed E-state index contributed by atoms with van der Waals surface area (Å²) in [7, 11) is 1.70. The Hall–Kier alpha value is -1.02. The van der Waals surface area contributed by atoms with E-state index in [1.54, 1.807) is 7.11 Å². The van der Waals surface area contributed by atoms with Crippen LogP contribution in [0, 0.1) is 0 Å². The molecule has 0 aliphatic heterocycles. The Morgan fingerprint density at radius 1 is 1.21 bits per heavy atom. The van der Waals surface area contributed by atoms with Crippen LogP contribution in [0.15, 0.2) is 24.3 Å². The topological polar surface area (TPSA) is 25.8 Å². The average Bonchev–Trinajstić information content (AvgIpc) is 2.26. The van der Waals surface area contributed by atoms with Crippen molar-refractivity contribution in [3.63, 3.8) is 0 Å². The van der Waals surface area contributed by atoms with Crippen molar-refractivity contribution < 1.29 is 10.1 Å². The zero-order chi connectivity index (χ0) is 10.4. The molecule has 1 rings (SSSR count). The quantitative estimate of drug-likeness (QED) is 0.759. The molecule has 1 atom stereocenters. The van der Waals surface area contributed by atoms with E-state index in [0.717, 1.165) is 12.3 Å². The third kappa shape index (κ3) is 2.74. The van der Waals surface area contributed by atoms with Crippen LogP contribution in [0.5, 0.6) is 5.75 Å². The molecule has 2 N–H and O–H groups in total. The number of methoxy groups -OCH3 is 1. The highest BCUT2D eigenvalue weighted by molar-refractivity contribution is 5.28. The van der Waals surface area contributed by atoms with E-state index in [-0.39, 0.29) is 0 Å². The first-order chi connectivity index (χ1) is 6.81. The molecular formula is C12H20NO+. The predicted molar refractivity (Wildman–Crippen MR) is 58.5 cm³/mol. The van der Waals surface area contributed by atoms with Crippen LogP contribution >= 0.6 is 0 Å². The molecule has 1 aromatic rings. The monoisotopic (exact) mass is 194 g/mol. The minimum Gasteiger partial charge on any atom is -0.497 e. The largest absolute Gasteiger partial charge is 0.497 e. The van der Waals surface area contributed by atoms with E-state index < -0.39 is 0 Å². The second kappa shape index (κ2) is 5.66. The first kappa shape index (κ1) is 11.1. The number of hydrogen-bond acceptors (Lipinski definition) is 1. The summed E-state index contributed by atoms with van der Waals surface area (Å²) in [6.45, 7) is 5.54. The fourth-order valence-electron chi connectivity index (χ4n) is 1.67. The van der Waals surface area contributed by atoms with Gasteiger partial charge in [-0.25, -0.2) is 0 Å². The second-order valence-corrected chi connectivity index (χ2v) is 3.43. The summed E-state index contributed by atoms with van der Waals surface area (Å²) in [6, 6.07) is 8.95. The van der Waals surface area contributed by atoms with Crippen molar-refractivity contribution in [1.82, 2.24) is 0 Å². The molecule has 0 amide bonds. The lowest BCUT2D eigenvalue weighted by Gasteiger charge is -2.13. The van der Waals surface area contributed by atoms with Crippen molar-refractivity contribution in [1.29, 1.82) is 0 Å². The summed E-state index contributed by atoms with van der Waals surface area (Å²) in [6.07, 6.45) is 1.17. The lowest BCUT2D eigenvalue weighted by Crippen LogP contribution is -2.84. The van der Waals surface area contributed by atoms with Crippen LogP contribution in [-0.4, -0.2) is 13.7 Å². The lowest BCUT2D eigenvalue weighted by molar-refractivity contribution is -0.693. The lowest BCUT2D eigenvalue weighted by atomic mass is 10.0. The first-order valence-electron chi connectivity index (χ1n) is 5.29. The van der Waals surface area contributed by atoms with Crippen molar-refractivity contribution in [2.45, 2.75) is 26.3 Å². The fraction of sp³-hybridized carbons (Fsp3) is 0.500. The molecule has 0 aromatic heterocycles. The maximum Gasteiger partial charge on any atom is 0.118 e. The van der Waals surface area contributed by atoms with Gasteiger partial charge in [0.2, 0.25) is 0 Å². The van der Waals surface area contributed by atoms with E-state index in [1.807, 2.05) is 12.1 Å². The Bertz CT molecular complexity index is 256. The number of nitrogens with two attached hydrogens (primary N) is 1. The molecule has 0 heterocycles. The van der Waals surface area contributed by atoms with Gasteiger partial charge >= 0.3 is 0 Å². The molecule has 0 saturated carbocycles. The summed E-state index contributed by atoms with van der Waals surface area (Å²) in [5.74, 6) is 0.931. The van der Waals surface area contributed by atoms with Crippen molar-refractivity contribution in [2.24, 2.45) is 0 Å². The van der Waals surface area contributed by atoms with E-state index in [0.29, 0.717) is 6.04 Å². The zero-order valence-electron chi connectivity index (χ0n) is 9.29. The van der Waals surface area contributed by atoms with Crippen LogP contribution in [-0.2, 0) is 0 Å². The van der Waals surface area contributed by atoms with Crippen LogP contribution < -0.4 is 10.1 Å². The third-order valence-electron chi connectivity index (χ3n) is 2.50. The highest BCUT2D eigenvalue weighted by Gasteiger charge is 2.10. The van der Waals surface area contributed by atoms with Gasteiger partial charge in [-0.1, -0.05) is 6.92 Å². The van der Waals surface area contributed by atoms with Gasteiger partial charge in [-0.15, -0.1) is 0 Å². The van der Waals surface area contributed by atoms with Gasteiger partial charge in [0.15, 0.2) is 0 Å². The molecule has 0 spiro atoms. The van der Waals surface area contributed by atoms with Gasteiger partial charge in [0.05, 0.1) is 13.7 Å². The maximum atomic E-state index is 5.13. The molecule has 0 fully saturated rings. The van der Waals surface area contributed by atoms with Crippen LogP contribution in [0.1, 0.15) is 31.9 Å². The third-order valence-corrected chi connectivity index (χ3v) is 2.50. The SMILES string of the molecule is CC[NH2+][C@H](CC)c1ccc(OC)cc1. The minimum atomic E-state index is 0.589. The van der Waals surface area contributed by atoms with Crippen LogP contribution in [0.2, 0.25) is 0 Å². The molecule has 1 aromatic carbocycles. The Kier molecular flexibility index (Phi) is 4.47. The second-order valence-electron chi connectivity index (χ2n) is 3.43. The summed E-state index contributed by atoms with van der Waals surface area (Å²) in [4.78, 5) is 0. The van der Waals surface area contributed by atoms with Gasteiger partial charge in [0.1, 0.15) is 11.8 Å². The number of rotatable bonds is 5. The van der Waals surface area contributed by atoms with E-state index >= 15 is 0 Å². The van der Waals surface area contributed by atoms with E-state index in [2.05, 4.69) is 31.3 Å². The van der Waals surface area contributed by atoms with Crippen LogP contribution in [0.3, 0.4) is 0 Å². The Morgan fingerprint density at radius 2 is 1.86 bits per heavy atom. The fourth-order valence-corrected chi connectivity index (χ4v) is 1.67. The van der Waals surface area contributed by atoms with Crippen LogP contribution in [0.4, 0.5) is 0 Å². The summed E-state index contributed by atoms with van der Waals surface area (Å²) >= 11 is 0. The number of benzene rings is 1. The number of quaternary nitrogens is 1. The van der Waals surface area contributed by atoms with Crippen molar-refractivity contribution in [2.75, 3.05) is 13.7 Å². The van der Waals surface area contributed by atoms with Gasteiger partial charge < -0.3 is 10.1 Å². The van der Waals surface area contributed by atoms with Crippen molar-refractivity contribution >= 4 is 0 Å². The smallest absolute Gasteiger partial charge is 0.118 e. The number of hydrogen-bond donors (Lipinski definition) is 1. The molecule has 0 radical (unpaired) electrons. The minimum absolute atomic E-state index is 0.589. The molecule has 14 heavy (non-hydrogen) atoms. The van der Waals surface area contributed by atoms with Gasteiger partial charge in [-0.2, -0.15) is 0 Å². The van der Waals surface area contributed by atoms with Gasteiger partial charge in [0, 0.05) is 12.0 Å². The maximum absolute atomic E-state index is 5.13. The van der Waals surface area contributed by atoms with E-state index in [9.17, 15) is 0 Å². The van der Waals surface area contributed by atoms with Crippen molar-refractivity contribution in [3.8, 4) is 5.75 Å². The molecule has 0 aliphatic carbocycles. The average molecular weight is 194 g/mol. The highest BCUT2D eigenvalue weighted by atomic mass is 16.5.